The van der Waals surface area contributed by atoms with Crippen molar-refractivity contribution in [3.63, 3.8) is 0 Å². The smallest absolute Gasteiger partial charge is 0.254 e. The van der Waals surface area contributed by atoms with E-state index in [0.29, 0.717) is 0 Å². The molecule has 1 amide bonds. The van der Waals surface area contributed by atoms with Crippen molar-refractivity contribution in [1.82, 2.24) is 9.88 Å². The number of aryl methyl sites for hydroxylation is 1. The molecule has 2 aliphatic heterocycles. The van der Waals surface area contributed by atoms with Gasteiger partial charge in [-0.15, -0.1) is 0 Å². The lowest BCUT2D eigenvalue weighted by Crippen LogP contribution is -2.39. The molecular formula is C22H27N3O. The molecule has 0 aliphatic carbocycles. The summed E-state index contributed by atoms with van der Waals surface area (Å²) in [7, 11) is 0. The minimum absolute atomic E-state index is 0.136. The van der Waals surface area contributed by atoms with Crippen LogP contribution in [0.3, 0.4) is 0 Å². The van der Waals surface area contributed by atoms with E-state index >= 15 is 0 Å². The molecule has 0 saturated carbocycles. The van der Waals surface area contributed by atoms with E-state index in [2.05, 4.69) is 28.9 Å². The first-order valence-electron chi connectivity index (χ1n) is 9.82. The van der Waals surface area contributed by atoms with E-state index in [9.17, 15) is 4.79 Å². The van der Waals surface area contributed by atoms with Gasteiger partial charge in [0.05, 0.1) is 6.04 Å². The quantitative estimate of drug-likeness (QED) is 0.826. The Balaban J connectivity index is 1.61. The lowest BCUT2D eigenvalue weighted by Gasteiger charge is -2.37. The van der Waals surface area contributed by atoms with Crippen LogP contribution in [0.15, 0.2) is 42.5 Å². The van der Waals surface area contributed by atoms with Gasteiger partial charge >= 0.3 is 0 Å². The lowest BCUT2D eigenvalue weighted by molar-refractivity contribution is 0.0610. The molecule has 3 heterocycles. The van der Waals surface area contributed by atoms with E-state index in [1.807, 2.05) is 30.3 Å². The highest BCUT2D eigenvalue weighted by Crippen LogP contribution is 2.34. The fraction of sp³-hybridized carbons (Fsp3) is 0.455. The summed E-state index contributed by atoms with van der Waals surface area (Å²) in [5, 5.41) is 0. The van der Waals surface area contributed by atoms with E-state index in [1.54, 1.807) is 0 Å². The van der Waals surface area contributed by atoms with Crippen LogP contribution in [0.2, 0.25) is 0 Å². The number of hydrogen-bond donors (Lipinski definition) is 0. The number of carbonyl (C=O) groups excluding carboxylic acids is 1. The average molecular weight is 349 g/mol. The average Bonchev–Trinajstić information content (AvgIpc) is 3.23. The third-order valence-corrected chi connectivity index (χ3v) is 5.69. The molecule has 0 radical (unpaired) electrons. The molecule has 26 heavy (non-hydrogen) atoms. The van der Waals surface area contributed by atoms with Crippen molar-refractivity contribution in [2.45, 2.75) is 45.1 Å². The molecule has 0 bridgehead atoms. The first-order chi connectivity index (χ1) is 12.7. The minimum atomic E-state index is 0.136. The summed E-state index contributed by atoms with van der Waals surface area (Å²) in [6, 6.07) is 14.1. The van der Waals surface area contributed by atoms with E-state index in [0.717, 1.165) is 56.0 Å². The Kier molecular flexibility index (Phi) is 4.91. The molecule has 1 aromatic heterocycles. The minimum Gasteiger partial charge on any atom is -0.357 e. The topological polar surface area (TPSA) is 36.4 Å². The second-order valence-corrected chi connectivity index (χ2v) is 7.41. The molecule has 2 saturated heterocycles. The van der Waals surface area contributed by atoms with Gasteiger partial charge in [0.1, 0.15) is 5.82 Å². The largest absolute Gasteiger partial charge is 0.357 e. The fourth-order valence-corrected chi connectivity index (χ4v) is 4.28. The predicted molar refractivity (Wildman–Crippen MR) is 104 cm³/mol. The number of aromatic nitrogens is 1. The maximum Gasteiger partial charge on any atom is 0.254 e. The fourth-order valence-electron chi connectivity index (χ4n) is 4.28. The Morgan fingerprint density at radius 2 is 1.69 bits per heavy atom. The van der Waals surface area contributed by atoms with Crippen LogP contribution >= 0.6 is 0 Å². The summed E-state index contributed by atoms with van der Waals surface area (Å²) < 4.78 is 0. The molecule has 0 unspecified atom stereocenters. The molecular weight excluding hydrogens is 322 g/mol. The molecule has 136 valence electrons. The molecule has 0 spiro atoms. The van der Waals surface area contributed by atoms with E-state index < -0.39 is 0 Å². The number of likely N-dealkylation sites (tertiary alicyclic amines) is 1. The van der Waals surface area contributed by atoms with Gasteiger partial charge in [-0.2, -0.15) is 0 Å². The van der Waals surface area contributed by atoms with Crippen LogP contribution in [0.1, 0.15) is 59.8 Å². The van der Waals surface area contributed by atoms with Gasteiger partial charge in [-0.3, -0.25) is 4.79 Å². The van der Waals surface area contributed by atoms with Crippen LogP contribution in [-0.2, 0) is 0 Å². The summed E-state index contributed by atoms with van der Waals surface area (Å²) in [6.07, 6.45) is 5.77. The number of benzene rings is 1. The van der Waals surface area contributed by atoms with Crippen LogP contribution in [0.4, 0.5) is 5.82 Å². The van der Waals surface area contributed by atoms with Gasteiger partial charge in [-0.1, -0.05) is 24.3 Å². The third-order valence-electron chi connectivity index (χ3n) is 5.69. The van der Waals surface area contributed by atoms with Crippen molar-refractivity contribution in [3.8, 4) is 0 Å². The van der Waals surface area contributed by atoms with Gasteiger partial charge in [0, 0.05) is 30.9 Å². The molecule has 4 heteroatoms. The summed E-state index contributed by atoms with van der Waals surface area (Å²) in [5.41, 5.74) is 3.04. The first-order valence-corrected chi connectivity index (χ1v) is 9.82. The second kappa shape index (κ2) is 7.48. The SMILES string of the molecule is Cc1nc(N2CCCC2)ccc1[C@@H]1CCCCN1C(=O)c1ccccc1. The molecule has 2 aromatic rings. The summed E-state index contributed by atoms with van der Waals surface area (Å²) in [5.74, 6) is 1.22. The van der Waals surface area contributed by atoms with Crippen LogP contribution < -0.4 is 4.90 Å². The van der Waals surface area contributed by atoms with Crippen molar-refractivity contribution >= 4 is 11.7 Å². The number of hydrogen-bond acceptors (Lipinski definition) is 3. The molecule has 1 atom stereocenters. The van der Waals surface area contributed by atoms with Crippen molar-refractivity contribution in [2.24, 2.45) is 0 Å². The van der Waals surface area contributed by atoms with Crippen molar-refractivity contribution in [1.29, 1.82) is 0 Å². The first kappa shape index (κ1) is 17.1. The summed E-state index contributed by atoms with van der Waals surface area (Å²) in [4.78, 5) is 22.4. The van der Waals surface area contributed by atoms with Gasteiger partial charge in [0.2, 0.25) is 0 Å². The maximum absolute atomic E-state index is 13.1. The monoisotopic (exact) mass is 349 g/mol. The van der Waals surface area contributed by atoms with Crippen LogP contribution in [0, 0.1) is 6.92 Å². The molecule has 4 rings (SSSR count). The van der Waals surface area contributed by atoms with Crippen molar-refractivity contribution < 1.29 is 4.79 Å². The number of piperidine rings is 1. The van der Waals surface area contributed by atoms with E-state index in [-0.39, 0.29) is 11.9 Å². The standard InChI is InChI=1S/C22H27N3O/c1-17-19(12-13-21(23-17)24-14-7-8-15-24)20-11-5-6-16-25(20)22(26)18-9-3-2-4-10-18/h2-4,9-10,12-13,20H,5-8,11,14-16H2,1H3/t20-/m0/s1. The Hall–Kier alpha value is -2.36. The van der Waals surface area contributed by atoms with Gasteiger partial charge < -0.3 is 9.80 Å². The van der Waals surface area contributed by atoms with Gasteiger partial charge in [0.25, 0.3) is 5.91 Å². The zero-order valence-electron chi connectivity index (χ0n) is 15.5. The molecule has 2 aliphatic rings. The highest BCUT2D eigenvalue weighted by Gasteiger charge is 2.30. The number of carbonyl (C=O) groups is 1. The summed E-state index contributed by atoms with van der Waals surface area (Å²) in [6.45, 7) is 5.13. The number of rotatable bonds is 3. The normalized spacial score (nSPS) is 20.4. The Morgan fingerprint density at radius 3 is 2.42 bits per heavy atom. The number of pyridine rings is 1. The van der Waals surface area contributed by atoms with Crippen molar-refractivity contribution in [2.75, 3.05) is 24.5 Å². The third kappa shape index (κ3) is 3.33. The second-order valence-electron chi connectivity index (χ2n) is 7.41. The zero-order valence-corrected chi connectivity index (χ0v) is 15.5. The zero-order chi connectivity index (χ0) is 17.9. The summed E-state index contributed by atoms with van der Waals surface area (Å²) >= 11 is 0. The lowest BCUT2D eigenvalue weighted by atomic mass is 9.93. The Morgan fingerprint density at radius 1 is 0.962 bits per heavy atom. The van der Waals surface area contributed by atoms with E-state index in [1.165, 1.54) is 18.4 Å². The highest BCUT2D eigenvalue weighted by molar-refractivity contribution is 5.94. The molecule has 0 N–H and O–H groups in total. The number of anilines is 1. The Labute approximate surface area is 155 Å². The van der Waals surface area contributed by atoms with Crippen molar-refractivity contribution in [3.05, 3.63) is 59.3 Å². The molecule has 1 aromatic carbocycles. The van der Waals surface area contributed by atoms with Crippen LogP contribution in [0.5, 0.6) is 0 Å². The van der Waals surface area contributed by atoms with Gasteiger partial charge in [-0.25, -0.2) is 4.98 Å². The van der Waals surface area contributed by atoms with Crippen LogP contribution in [-0.4, -0.2) is 35.4 Å². The predicted octanol–water partition coefficient (Wildman–Crippen LogP) is 4.36. The number of amides is 1. The highest BCUT2D eigenvalue weighted by atomic mass is 16.2. The van der Waals surface area contributed by atoms with Crippen LogP contribution in [0.25, 0.3) is 0 Å². The number of nitrogens with zero attached hydrogens (tertiary/aromatic N) is 3. The van der Waals surface area contributed by atoms with E-state index in [4.69, 9.17) is 4.98 Å². The molecule has 4 nitrogen and oxygen atoms in total. The Bertz CT molecular complexity index is 768. The molecule has 2 fully saturated rings. The maximum atomic E-state index is 13.1. The van der Waals surface area contributed by atoms with Gasteiger partial charge in [0.15, 0.2) is 0 Å². The van der Waals surface area contributed by atoms with Gasteiger partial charge in [-0.05, 0) is 62.8 Å².